The first-order valence-electron chi connectivity index (χ1n) is 6.49. The summed E-state index contributed by atoms with van der Waals surface area (Å²) in [6, 6.07) is 0. The molecule has 0 heterocycles. The standard InChI is InChI=1S/C15H26O3/c1-5-9-10-11-15(16-12-6-2,17-13-7-3)18-14-8-4/h6-8H,2-5,9-14H2,1H3. The van der Waals surface area contributed by atoms with Gasteiger partial charge in [-0.05, 0) is 6.42 Å². The van der Waals surface area contributed by atoms with Crippen molar-refractivity contribution in [3.63, 3.8) is 0 Å². The minimum absolute atomic E-state index is 0.389. The molecule has 0 N–H and O–H groups in total. The Morgan fingerprint density at radius 1 is 0.833 bits per heavy atom. The molecule has 0 aliphatic heterocycles. The zero-order valence-corrected chi connectivity index (χ0v) is 11.5. The molecule has 18 heavy (non-hydrogen) atoms. The smallest absolute Gasteiger partial charge is 0.283 e. The van der Waals surface area contributed by atoms with Crippen molar-refractivity contribution in [1.82, 2.24) is 0 Å². The number of hydrogen-bond acceptors (Lipinski definition) is 3. The number of rotatable bonds is 13. The second kappa shape index (κ2) is 11.2. The molecule has 0 spiro atoms. The van der Waals surface area contributed by atoms with E-state index in [1.807, 2.05) is 0 Å². The predicted molar refractivity (Wildman–Crippen MR) is 75.3 cm³/mol. The SMILES string of the molecule is C=CCOC(CCCCC)(OCC=C)OCC=C. The molecule has 0 aliphatic carbocycles. The van der Waals surface area contributed by atoms with Gasteiger partial charge in [0.2, 0.25) is 0 Å². The van der Waals surface area contributed by atoms with Gasteiger partial charge in [0.05, 0.1) is 19.8 Å². The van der Waals surface area contributed by atoms with Gasteiger partial charge in [-0.3, -0.25) is 0 Å². The van der Waals surface area contributed by atoms with E-state index in [4.69, 9.17) is 14.2 Å². The molecule has 3 nitrogen and oxygen atoms in total. The molecule has 0 saturated heterocycles. The van der Waals surface area contributed by atoms with Crippen LogP contribution in [0.25, 0.3) is 0 Å². The van der Waals surface area contributed by atoms with Crippen LogP contribution in [0.2, 0.25) is 0 Å². The fourth-order valence-corrected chi connectivity index (χ4v) is 1.49. The number of unbranched alkanes of at least 4 members (excludes halogenated alkanes) is 2. The lowest BCUT2D eigenvalue weighted by atomic mass is 10.2. The van der Waals surface area contributed by atoms with Crippen molar-refractivity contribution in [3.05, 3.63) is 38.0 Å². The van der Waals surface area contributed by atoms with Crippen LogP contribution in [0.15, 0.2) is 38.0 Å². The molecule has 0 aromatic carbocycles. The second-order valence-corrected chi connectivity index (χ2v) is 3.94. The van der Waals surface area contributed by atoms with E-state index in [9.17, 15) is 0 Å². The van der Waals surface area contributed by atoms with E-state index >= 15 is 0 Å². The van der Waals surface area contributed by atoms with E-state index in [1.165, 1.54) is 0 Å². The van der Waals surface area contributed by atoms with Crippen LogP contribution in [0.4, 0.5) is 0 Å². The summed E-state index contributed by atoms with van der Waals surface area (Å²) < 4.78 is 17.0. The van der Waals surface area contributed by atoms with Gasteiger partial charge in [-0.1, -0.05) is 38.0 Å². The molecule has 0 bridgehead atoms. The van der Waals surface area contributed by atoms with Crippen LogP contribution < -0.4 is 0 Å². The second-order valence-electron chi connectivity index (χ2n) is 3.94. The molecule has 0 saturated carbocycles. The van der Waals surface area contributed by atoms with Gasteiger partial charge in [-0.2, -0.15) is 0 Å². The average Bonchev–Trinajstić information content (AvgIpc) is 2.40. The summed E-state index contributed by atoms with van der Waals surface area (Å²) in [5.41, 5.74) is 0. The van der Waals surface area contributed by atoms with Crippen molar-refractivity contribution in [2.24, 2.45) is 0 Å². The maximum atomic E-state index is 5.67. The molecule has 0 amide bonds. The number of ether oxygens (including phenoxy) is 3. The van der Waals surface area contributed by atoms with Crippen molar-refractivity contribution in [1.29, 1.82) is 0 Å². The zero-order chi connectivity index (χ0) is 13.7. The Balaban J connectivity index is 4.54. The largest absolute Gasteiger partial charge is 0.323 e. The average molecular weight is 254 g/mol. The highest BCUT2D eigenvalue weighted by Gasteiger charge is 2.32. The van der Waals surface area contributed by atoms with Gasteiger partial charge in [-0.25, -0.2) is 0 Å². The van der Waals surface area contributed by atoms with Crippen LogP contribution in [0.1, 0.15) is 32.6 Å². The first-order valence-corrected chi connectivity index (χ1v) is 6.49. The Morgan fingerprint density at radius 3 is 1.61 bits per heavy atom. The van der Waals surface area contributed by atoms with Crippen LogP contribution >= 0.6 is 0 Å². The van der Waals surface area contributed by atoms with Gasteiger partial charge in [0.15, 0.2) is 0 Å². The van der Waals surface area contributed by atoms with E-state index in [0.717, 1.165) is 19.3 Å². The highest BCUT2D eigenvalue weighted by molar-refractivity contribution is 4.73. The Bertz CT molecular complexity index is 205. The third-order valence-corrected chi connectivity index (χ3v) is 2.35. The first-order chi connectivity index (χ1) is 8.74. The molecular weight excluding hydrogens is 228 g/mol. The summed E-state index contributed by atoms with van der Waals surface area (Å²) in [4.78, 5) is 0. The van der Waals surface area contributed by atoms with Crippen molar-refractivity contribution < 1.29 is 14.2 Å². The van der Waals surface area contributed by atoms with E-state index in [1.54, 1.807) is 18.2 Å². The highest BCUT2D eigenvalue weighted by Crippen LogP contribution is 2.24. The van der Waals surface area contributed by atoms with E-state index in [0.29, 0.717) is 26.2 Å². The summed E-state index contributed by atoms with van der Waals surface area (Å²) in [6.45, 7) is 14.3. The molecule has 104 valence electrons. The summed E-state index contributed by atoms with van der Waals surface area (Å²) in [6.07, 6.45) is 8.99. The van der Waals surface area contributed by atoms with Crippen LogP contribution in [0.5, 0.6) is 0 Å². The maximum Gasteiger partial charge on any atom is 0.283 e. The van der Waals surface area contributed by atoms with E-state index in [-0.39, 0.29) is 0 Å². The van der Waals surface area contributed by atoms with E-state index in [2.05, 4.69) is 26.7 Å². The lowest BCUT2D eigenvalue weighted by molar-refractivity contribution is -0.373. The molecule has 0 aromatic rings. The predicted octanol–water partition coefficient (Wildman–Crippen LogP) is 3.83. The highest BCUT2D eigenvalue weighted by atomic mass is 16.9. The third kappa shape index (κ3) is 7.43. The minimum Gasteiger partial charge on any atom is -0.323 e. The fourth-order valence-electron chi connectivity index (χ4n) is 1.49. The molecule has 3 heteroatoms. The third-order valence-electron chi connectivity index (χ3n) is 2.35. The lowest BCUT2D eigenvalue weighted by Gasteiger charge is -2.32. The molecule has 0 aliphatic rings. The Hall–Kier alpha value is -0.900. The molecule has 0 fully saturated rings. The number of hydrogen-bond donors (Lipinski definition) is 0. The van der Waals surface area contributed by atoms with Gasteiger partial charge < -0.3 is 14.2 Å². The van der Waals surface area contributed by atoms with Gasteiger partial charge in [0.25, 0.3) is 5.97 Å². The molecule has 0 rings (SSSR count). The van der Waals surface area contributed by atoms with Gasteiger partial charge in [-0.15, -0.1) is 19.7 Å². The fraction of sp³-hybridized carbons (Fsp3) is 0.600. The Labute approximate surface area is 111 Å². The Morgan fingerprint density at radius 2 is 1.28 bits per heavy atom. The molecule has 0 unspecified atom stereocenters. The maximum absolute atomic E-state index is 5.67. The van der Waals surface area contributed by atoms with Crippen molar-refractivity contribution in [2.45, 2.75) is 38.6 Å². The van der Waals surface area contributed by atoms with Crippen molar-refractivity contribution >= 4 is 0 Å². The summed E-state index contributed by atoms with van der Waals surface area (Å²) in [5, 5.41) is 0. The minimum atomic E-state index is -1.01. The Kier molecular flexibility index (Phi) is 10.6. The topological polar surface area (TPSA) is 27.7 Å². The van der Waals surface area contributed by atoms with E-state index < -0.39 is 5.97 Å². The monoisotopic (exact) mass is 254 g/mol. The quantitative estimate of drug-likeness (QED) is 0.284. The summed E-state index contributed by atoms with van der Waals surface area (Å²) >= 11 is 0. The van der Waals surface area contributed by atoms with Gasteiger partial charge in [0, 0.05) is 6.42 Å². The van der Waals surface area contributed by atoms with Crippen LogP contribution in [0.3, 0.4) is 0 Å². The van der Waals surface area contributed by atoms with Crippen molar-refractivity contribution in [3.8, 4) is 0 Å². The zero-order valence-electron chi connectivity index (χ0n) is 11.5. The molecule has 0 aromatic heterocycles. The van der Waals surface area contributed by atoms with Crippen molar-refractivity contribution in [2.75, 3.05) is 19.8 Å². The summed E-state index contributed by atoms with van der Waals surface area (Å²) in [5.74, 6) is -1.01. The van der Waals surface area contributed by atoms with Crippen LogP contribution in [-0.4, -0.2) is 25.8 Å². The molecular formula is C15H26O3. The molecule has 0 radical (unpaired) electrons. The summed E-state index contributed by atoms with van der Waals surface area (Å²) in [7, 11) is 0. The van der Waals surface area contributed by atoms with Crippen LogP contribution in [-0.2, 0) is 14.2 Å². The van der Waals surface area contributed by atoms with Gasteiger partial charge >= 0.3 is 0 Å². The lowest BCUT2D eigenvalue weighted by Crippen LogP contribution is -2.39. The first kappa shape index (κ1) is 17.1. The normalized spacial score (nSPS) is 11.2. The van der Waals surface area contributed by atoms with Crippen LogP contribution in [0, 0.1) is 0 Å². The van der Waals surface area contributed by atoms with Gasteiger partial charge in [0.1, 0.15) is 0 Å². The molecule has 0 atom stereocenters.